The molecule has 2 atom stereocenters. The summed E-state index contributed by atoms with van der Waals surface area (Å²) in [4.78, 5) is 25.4. The van der Waals surface area contributed by atoms with E-state index in [0.29, 0.717) is 29.9 Å². The van der Waals surface area contributed by atoms with Crippen molar-refractivity contribution in [3.05, 3.63) is 41.5 Å². The molecular weight excluding hydrogens is 404 g/mol. The van der Waals surface area contributed by atoms with Gasteiger partial charge in [-0.1, -0.05) is 18.2 Å². The Hall–Kier alpha value is -2.68. The highest BCUT2D eigenvalue weighted by Gasteiger charge is 2.43. The van der Waals surface area contributed by atoms with E-state index in [9.17, 15) is 9.59 Å². The molecule has 1 unspecified atom stereocenters. The third-order valence-electron chi connectivity index (χ3n) is 4.81. The van der Waals surface area contributed by atoms with E-state index in [1.807, 2.05) is 6.08 Å². The molecule has 1 saturated heterocycles. The van der Waals surface area contributed by atoms with Crippen LogP contribution in [0.2, 0.25) is 0 Å². The van der Waals surface area contributed by atoms with Gasteiger partial charge in [0.25, 0.3) is 0 Å². The summed E-state index contributed by atoms with van der Waals surface area (Å²) in [7, 11) is 3.02. The standard InChI is InChI=1S/C23H28O8/c1-23(2)30-18-10-7-8-15-12-16(27-4)13-19(29-14-26-3)20(15)22(25)28-11-6-5-9-17(24)21(18)31-23/h5,7-9,12-13,18,21H,6,10-11,14H2,1-4H3/b8-7+,9-5-/t18-,21?/m0/s1. The molecule has 0 spiro atoms. The van der Waals surface area contributed by atoms with Crippen LogP contribution in [0.3, 0.4) is 0 Å². The molecule has 2 aliphatic heterocycles. The second-order valence-corrected chi connectivity index (χ2v) is 7.60. The van der Waals surface area contributed by atoms with E-state index < -0.39 is 24.0 Å². The van der Waals surface area contributed by atoms with Gasteiger partial charge < -0.3 is 28.4 Å². The first-order valence-corrected chi connectivity index (χ1v) is 10.1. The lowest BCUT2D eigenvalue weighted by molar-refractivity contribution is -0.152. The predicted molar refractivity (Wildman–Crippen MR) is 112 cm³/mol. The summed E-state index contributed by atoms with van der Waals surface area (Å²) in [5.74, 6) is -0.763. The number of rotatable bonds is 4. The minimum Gasteiger partial charge on any atom is -0.497 e. The first-order chi connectivity index (χ1) is 14.8. The maximum atomic E-state index is 12.8. The smallest absolute Gasteiger partial charge is 0.342 e. The zero-order chi connectivity index (χ0) is 22.4. The Labute approximate surface area is 181 Å². The van der Waals surface area contributed by atoms with Gasteiger partial charge >= 0.3 is 5.97 Å². The van der Waals surface area contributed by atoms with Crippen molar-refractivity contribution in [1.29, 1.82) is 0 Å². The van der Waals surface area contributed by atoms with Gasteiger partial charge in [0, 0.05) is 13.2 Å². The van der Waals surface area contributed by atoms with Gasteiger partial charge in [-0.25, -0.2) is 4.79 Å². The lowest BCUT2D eigenvalue weighted by atomic mass is 10.0. The minimum absolute atomic E-state index is 0.0362. The molecule has 2 aliphatic rings. The van der Waals surface area contributed by atoms with Crippen LogP contribution in [-0.4, -0.2) is 57.4 Å². The van der Waals surface area contributed by atoms with Crippen LogP contribution in [0.4, 0.5) is 0 Å². The Morgan fingerprint density at radius 2 is 1.90 bits per heavy atom. The second kappa shape index (κ2) is 10.1. The van der Waals surface area contributed by atoms with Gasteiger partial charge in [0.05, 0.1) is 19.8 Å². The van der Waals surface area contributed by atoms with Gasteiger partial charge in [-0.05, 0) is 44.4 Å². The molecule has 3 rings (SSSR count). The Morgan fingerprint density at radius 1 is 1.10 bits per heavy atom. The monoisotopic (exact) mass is 432 g/mol. The van der Waals surface area contributed by atoms with Gasteiger partial charge in [0.15, 0.2) is 18.4 Å². The van der Waals surface area contributed by atoms with E-state index in [1.54, 1.807) is 38.1 Å². The number of carbonyl (C=O) groups is 2. The van der Waals surface area contributed by atoms with E-state index in [1.165, 1.54) is 20.3 Å². The molecule has 31 heavy (non-hydrogen) atoms. The summed E-state index contributed by atoms with van der Waals surface area (Å²) < 4.78 is 33.1. The Morgan fingerprint density at radius 3 is 2.65 bits per heavy atom. The molecule has 0 amide bonds. The summed E-state index contributed by atoms with van der Waals surface area (Å²) in [5, 5.41) is 0. The topological polar surface area (TPSA) is 89.5 Å². The molecule has 0 aliphatic carbocycles. The number of methoxy groups -OCH3 is 2. The number of esters is 1. The number of hydrogen-bond donors (Lipinski definition) is 0. The normalized spacial score (nSPS) is 25.5. The average Bonchev–Trinajstić information content (AvgIpc) is 3.05. The van der Waals surface area contributed by atoms with E-state index in [2.05, 4.69) is 0 Å². The fourth-order valence-electron chi connectivity index (χ4n) is 3.48. The number of carbonyl (C=O) groups excluding carboxylic acids is 2. The van der Waals surface area contributed by atoms with Crippen LogP contribution in [-0.2, 0) is 23.7 Å². The van der Waals surface area contributed by atoms with Crippen LogP contribution in [0.5, 0.6) is 11.5 Å². The number of hydrogen-bond acceptors (Lipinski definition) is 8. The fraction of sp³-hybridized carbons (Fsp3) is 0.478. The van der Waals surface area contributed by atoms with Crippen molar-refractivity contribution in [2.75, 3.05) is 27.6 Å². The molecule has 0 saturated carbocycles. The maximum absolute atomic E-state index is 12.8. The quantitative estimate of drug-likeness (QED) is 0.529. The van der Waals surface area contributed by atoms with Crippen LogP contribution in [0.1, 0.15) is 42.6 Å². The SMILES string of the molecule is COCOc1cc(OC)cc2c1C(=O)OCC/C=C\C(=O)C1OC(C)(C)O[C@H]1C/C=C/2. The molecule has 2 heterocycles. The molecule has 8 nitrogen and oxygen atoms in total. The summed E-state index contributed by atoms with van der Waals surface area (Å²) >= 11 is 0. The van der Waals surface area contributed by atoms with E-state index >= 15 is 0 Å². The third-order valence-corrected chi connectivity index (χ3v) is 4.81. The van der Waals surface area contributed by atoms with Gasteiger partial charge in [-0.15, -0.1) is 0 Å². The van der Waals surface area contributed by atoms with Crippen molar-refractivity contribution in [2.24, 2.45) is 0 Å². The average molecular weight is 432 g/mol. The summed E-state index contributed by atoms with van der Waals surface area (Å²) in [6.07, 6.45) is 6.36. The minimum atomic E-state index is -0.859. The lowest BCUT2D eigenvalue weighted by Crippen LogP contribution is -2.30. The van der Waals surface area contributed by atoms with Crippen LogP contribution in [0.25, 0.3) is 6.08 Å². The highest BCUT2D eigenvalue weighted by Crippen LogP contribution is 2.33. The van der Waals surface area contributed by atoms with Crippen molar-refractivity contribution >= 4 is 17.8 Å². The van der Waals surface area contributed by atoms with Crippen LogP contribution in [0.15, 0.2) is 30.4 Å². The molecule has 0 aromatic heterocycles. The number of cyclic esters (lactones) is 1. The summed E-state index contributed by atoms with van der Waals surface area (Å²) in [6.45, 7) is 3.63. The number of ketones is 1. The third kappa shape index (κ3) is 5.72. The first-order valence-electron chi connectivity index (χ1n) is 10.1. The van der Waals surface area contributed by atoms with Gasteiger partial charge in [-0.3, -0.25) is 4.79 Å². The zero-order valence-electron chi connectivity index (χ0n) is 18.2. The maximum Gasteiger partial charge on any atom is 0.342 e. The zero-order valence-corrected chi connectivity index (χ0v) is 18.2. The number of fused-ring (bicyclic) bond motifs is 2. The fourth-order valence-corrected chi connectivity index (χ4v) is 3.48. The molecule has 1 aromatic carbocycles. The lowest BCUT2D eigenvalue weighted by Gasteiger charge is -2.16. The van der Waals surface area contributed by atoms with Gasteiger partial charge in [-0.2, -0.15) is 0 Å². The molecular formula is C23H28O8. The number of benzene rings is 1. The molecule has 0 radical (unpaired) electrons. The summed E-state index contributed by atoms with van der Waals surface area (Å²) in [6, 6.07) is 3.33. The van der Waals surface area contributed by atoms with Crippen molar-refractivity contribution in [1.82, 2.24) is 0 Å². The Kier molecular flexibility index (Phi) is 7.48. The highest BCUT2D eigenvalue weighted by molar-refractivity contribution is 5.97. The van der Waals surface area contributed by atoms with Crippen molar-refractivity contribution in [2.45, 2.75) is 44.7 Å². The largest absolute Gasteiger partial charge is 0.497 e. The number of ether oxygens (including phenoxy) is 6. The molecule has 1 fully saturated rings. The second-order valence-electron chi connectivity index (χ2n) is 7.60. The Balaban J connectivity index is 1.99. The summed E-state index contributed by atoms with van der Waals surface area (Å²) in [5.41, 5.74) is 0.829. The van der Waals surface area contributed by atoms with Gasteiger partial charge in [0.2, 0.25) is 0 Å². The molecule has 0 N–H and O–H groups in total. The first kappa shape index (κ1) is 23.0. The van der Waals surface area contributed by atoms with Crippen molar-refractivity contribution in [3.8, 4) is 11.5 Å². The Bertz CT molecular complexity index is 871. The van der Waals surface area contributed by atoms with E-state index in [-0.39, 0.29) is 24.7 Å². The van der Waals surface area contributed by atoms with Crippen molar-refractivity contribution < 1.29 is 38.0 Å². The van der Waals surface area contributed by atoms with Crippen LogP contribution in [0, 0.1) is 0 Å². The van der Waals surface area contributed by atoms with Crippen LogP contribution >= 0.6 is 0 Å². The van der Waals surface area contributed by atoms with Crippen molar-refractivity contribution in [3.63, 3.8) is 0 Å². The van der Waals surface area contributed by atoms with E-state index in [4.69, 9.17) is 28.4 Å². The molecule has 168 valence electrons. The van der Waals surface area contributed by atoms with E-state index in [0.717, 1.165) is 0 Å². The predicted octanol–water partition coefficient (Wildman–Crippen LogP) is 3.29. The molecule has 0 bridgehead atoms. The molecule has 1 aromatic rings. The van der Waals surface area contributed by atoms with Crippen LogP contribution < -0.4 is 9.47 Å². The molecule has 8 heteroatoms. The highest BCUT2D eigenvalue weighted by atomic mass is 16.8. The van der Waals surface area contributed by atoms with Gasteiger partial charge in [0.1, 0.15) is 23.2 Å².